The topological polar surface area (TPSA) is 65.3 Å². The first-order valence-electron chi connectivity index (χ1n) is 5.53. The van der Waals surface area contributed by atoms with E-state index in [0.29, 0.717) is 12.4 Å². The van der Waals surface area contributed by atoms with E-state index in [1.165, 1.54) is 18.2 Å². The van der Waals surface area contributed by atoms with Gasteiger partial charge in [-0.1, -0.05) is 11.6 Å². The molecular weight excluding hydrogens is 268 g/mol. The number of nitro benzene ring substituents is 1. The molecule has 0 saturated carbocycles. The highest BCUT2D eigenvalue weighted by Gasteiger charge is 2.12. The van der Waals surface area contributed by atoms with Crippen LogP contribution in [0.3, 0.4) is 0 Å². The largest absolute Gasteiger partial charge is 0.489 e. The van der Waals surface area contributed by atoms with Crippen molar-refractivity contribution in [2.75, 3.05) is 0 Å². The average Bonchev–Trinajstić information content (AvgIpc) is 2.36. The lowest BCUT2D eigenvalue weighted by atomic mass is 10.2. The van der Waals surface area contributed by atoms with Crippen LogP contribution in [0.15, 0.2) is 36.7 Å². The van der Waals surface area contributed by atoms with Gasteiger partial charge < -0.3 is 4.74 Å². The van der Waals surface area contributed by atoms with Gasteiger partial charge in [0.15, 0.2) is 0 Å². The maximum absolute atomic E-state index is 10.6. The Hall–Kier alpha value is -2.14. The zero-order valence-corrected chi connectivity index (χ0v) is 10.9. The van der Waals surface area contributed by atoms with Crippen molar-refractivity contribution in [3.8, 4) is 5.75 Å². The minimum atomic E-state index is -0.531. The maximum atomic E-state index is 10.6. The number of rotatable bonds is 4. The van der Waals surface area contributed by atoms with E-state index in [9.17, 15) is 10.1 Å². The van der Waals surface area contributed by atoms with Crippen LogP contribution in [0.4, 0.5) is 5.69 Å². The van der Waals surface area contributed by atoms with Gasteiger partial charge in [0.1, 0.15) is 17.4 Å². The fourth-order valence-corrected chi connectivity index (χ4v) is 1.83. The number of aryl methyl sites for hydroxylation is 1. The summed E-state index contributed by atoms with van der Waals surface area (Å²) in [5.74, 6) is 0.483. The van der Waals surface area contributed by atoms with Gasteiger partial charge >= 0.3 is 0 Å². The van der Waals surface area contributed by atoms with E-state index in [1.54, 1.807) is 12.4 Å². The number of nitrogens with zero attached hydrogens (tertiary/aromatic N) is 2. The van der Waals surface area contributed by atoms with E-state index in [0.717, 1.165) is 11.1 Å². The van der Waals surface area contributed by atoms with Gasteiger partial charge in [0.2, 0.25) is 0 Å². The Labute approximate surface area is 115 Å². The van der Waals surface area contributed by atoms with Gasteiger partial charge in [-0.25, -0.2) is 0 Å². The molecule has 0 aliphatic rings. The van der Waals surface area contributed by atoms with Crippen molar-refractivity contribution in [3.63, 3.8) is 0 Å². The molecule has 1 aromatic carbocycles. The Balaban J connectivity index is 2.08. The van der Waals surface area contributed by atoms with Crippen molar-refractivity contribution in [3.05, 3.63) is 62.9 Å². The van der Waals surface area contributed by atoms with Gasteiger partial charge in [-0.2, -0.15) is 0 Å². The predicted octanol–water partition coefficient (Wildman–Crippen LogP) is 3.53. The van der Waals surface area contributed by atoms with Crippen LogP contribution >= 0.6 is 11.6 Å². The average molecular weight is 279 g/mol. The molecule has 1 aromatic heterocycles. The summed E-state index contributed by atoms with van der Waals surface area (Å²) in [6.07, 6.45) is 3.46. The Morgan fingerprint density at radius 1 is 1.37 bits per heavy atom. The molecule has 0 saturated heterocycles. The number of pyridine rings is 1. The minimum absolute atomic E-state index is 0.0601. The Morgan fingerprint density at radius 2 is 2.16 bits per heavy atom. The third-order valence-corrected chi connectivity index (χ3v) is 2.76. The fourth-order valence-electron chi connectivity index (χ4n) is 1.59. The van der Waals surface area contributed by atoms with E-state index in [-0.39, 0.29) is 10.7 Å². The van der Waals surface area contributed by atoms with Gasteiger partial charge in [-0.3, -0.25) is 15.1 Å². The van der Waals surface area contributed by atoms with Gasteiger partial charge in [-0.05, 0) is 24.6 Å². The third kappa shape index (κ3) is 3.42. The van der Waals surface area contributed by atoms with E-state index in [1.807, 2.05) is 13.0 Å². The van der Waals surface area contributed by atoms with Gasteiger partial charge in [0.25, 0.3) is 5.69 Å². The van der Waals surface area contributed by atoms with Crippen molar-refractivity contribution >= 4 is 17.3 Å². The summed E-state index contributed by atoms with van der Waals surface area (Å²) in [6.45, 7) is 2.28. The summed E-state index contributed by atoms with van der Waals surface area (Å²) >= 11 is 5.80. The van der Waals surface area contributed by atoms with Gasteiger partial charge in [0, 0.05) is 30.1 Å². The van der Waals surface area contributed by atoms with Crippen LogP contribution in [0, 0.1) is 17.0 Å². The van der Waals surface area contributed by atoms with Crippen LogP contribution in [0.1, 0.15) is 11.1 Å². The molecule has 0 aliphatic carbocycles. The predicted molar refractivity (Wildman–Crippen MR) is 71.4 cm³/mol. The lowest BCUT2D eigenvalue weighted by Gasteiger charge is -2.07. The first-order chi connectivity index (χ1) is 9.06. The summed E-state index contributed by atoms with van der Waals surface area (Å²) in [4.78, 5) is 14.1. The number of aromatic nitrogens is 1. The van der Waals surface area contributed by atoms with Crippen LogP contribution < -0.4 is 4.74 Å². The number of hydrogen-bond acceptors (Lipinski definition) is 4. The lowest BCUT2D eigenvalue weighted by Crippen LogP contribution is -1.97. The molecule has 0 bridgehead atoms. The summed E-state index contributed by atoms with van der Waals surface area (Å²) in [5, 5.41) is 10.7. The Morgan fingerprint density at radius 3 is 2.79 bits per heavy atom. The number of nitro groups is 1. The molecule has 19 heavy (non-hydrogen) atoms. The van der Waals surface area contributed by atoms with Crippen LogP contribution in [0.5, 0.6) is 5.75 Å². The van der Waals surface area contributed by atoms with Crippen LogP contribution in [-0.2, 0) is 6.61 Å². The highest BCUT2D eigenvalue weighted by Crippen LogP contribution is 2.28. The smallest absolute Gasteiger partial charge is 0.288 e. The zero-order valence-electron chi connectivity index (χ0n) is 10.2. The molecule has 0 atom stereocenters. The lowest BCUT2D eigenvalue weighted by molar-refractivity contribution is -0.384. The Kier molecular flexibility index (Phi) is 3.97. The highest BCUT2D eigenvalue weighted by molar-refractivity contribution is 6.32. The van der Waals surface area contributed by atoms with E-state index >= 15 is 0 Å². The molecule has 0 aliphatic heterocycles. The quantitative estimate of drug-likeness (QED) is 0.634. The molecule has 5 nitrogen and oxygen atoms in total. The van der Waals surface area contributed by atoms with Crippen LogP contribution in [0.25, 0.3) is 0 Å². The van der Waals surface area contributed by atoms with Crippen molar-refractivity contribution in [2.24, 2.45) is 0 Å². The van der Waals surface area contributed by atoms with Crippen molar-refractivity contribution < 1.29 is 9.66 Å². The van der Waals surface area contributed by atoms with E-state index in [2.05, 4.69) is 4.98 Å². The van der Waals surface area contributed by atoms with E-state index < -0.39 is 4.92 Å². The number of ether oxygens (including phenoxy) is 1. The SMILES string of the molecule is Cc1cncc(COc2ccc([N+](=O)[O-])c(Cl)c2)c1. The molecule has 2 rings (SSSR count). The normalized spacial score (nSPS) is 10.2. The second-order valence-corrected chi connectivity index (χ2v) is 4.44. The summed E-state index contributed by atoms with van der Waals surface area (Å²) in [7, 11) is 0. The van der Waals surface area contributed by atoms with E-state index in [4.69, 9.17) is 16.3 Å². The second-order valence-electron chi connectivity index (χ2n) is 4.03. The minimum Gasteiger partial charge on any atom is -0.489 e. The second kappa shape index (κ2) is 5.67. The fraction of sp³-hybridized carbons (Fsp3) is 0.154. The standard InChI is InChI=1S/C13H11ClN2O3/c1-9-4-10(7-15-6-9)8-19-11-2-3-13(16(17)18)12(14)5-11/h2-7H,8H2,1H3. The molecule has 0 spiro atoms. The summed E-state index contributed by atoms with van der Waals surface area (Å²) in [5.41, 5.74) is 1.84. The molecule has 0 fully saturated rings. The molecule has 6 heteroatoms. The van der Waals surface area contributed by atoms with Crippen molar-refractivity contribution in [2.45, 2.75) is 13.5 Å². The number of hydrogen-bond donors (Lipinski definition) is 0. The molecule has 2 aromatic rings. The van der Waals surface area contributed by atoms with Crippen LogP contribution in [-0.4, -0.2) is 9.91 Å². The molecule has 0 unspecified atom stereocenters. The molecule has 0 radical (unpaired) electrons. The third-order valence-electron chi connectivity index (χ3n) is 2.45. The first-order valence-corrected chi connectivity index (χ1v) is 5.91. The molecular formula is C13H11ClN2O3. The number of benzene rings is 1. The van der Waals surface area contributed by atoms with Gasteiger partial charge in [0.05, 0.1) is 4.92 Å². The number of halogens is 1. The first kappa shape index (κ1) is 13.3. The maximum Gasteiger partial charge on any atom is 0.288 e. The zero-order chi connectivity index (χ0) is 13.8. The monoisotopic (exact) mass is 278 g/mol. The van der Waals surface area contributed by atoms with Crippen LogP contribution in [0.2, 0.25) is 5.02 Å². The van der Waals surface area contributed by atoms with Gasteiger partial charge in [-0.15, -0.1) is 0 Å². The molecule has 0 amide bonds. The van der Waals surface area contributed by atoms with Crippen molar-refractivity contribution in [1.82, 2.24) is 4.98 Å². The molecule has 98 valence electrons. The van der Waals surface area contributed by atoms with Crippen molar-refractivity contribution in [1.29, 1.82) is 0 Å². The molecule has 0 N–H and O–H groups in total. The summed E-state index contributed by atoms with van der Waals surface area (Å²) in [6, 6.07) is 6.24. The highest BCUT2D eigenvalue weighted by atomic mass is 35.5. The Bertz CT molecular complexity index is 617. The molecule has 1 heterocycles. The summed E-state index contributed by atoms with van der Waals surface area (Å²) < 4.78 is 5.52.